The van der Waals surface area contributed by atoms with E-state index in [1.165, 1.54) is 31.5 Å². The monoisotopic (exact) mass is 460 g/mol. The lowest BCUT2D eigenvalue weighted by molar-refractivity contribution is 0.331. The summed E-state index contributed by atoms with van der Waals surface area (Å²) in [4.78, 5) is 15.2. The van der Waals surface area contributed by atoms with Crippen LogP contribution in [0.2, 0.25) is 0 Å². The van der Waals surface area contributed by atoms with Crippen LogP contribution in [0.1, 0.15) is 18.4 Å². The maximum atomic E-state index is 5.28. The van der Waals surface area contributed by atoms with Crippen molar-refractivity contribution in [3.8, 4) is 33.8 Å². The molecule has 0 unspecified atom stereocenters. The number of aromatic nitrogens is 5. The Morgan fingerprint density at radius 2 is 1.77 bits per heavy atom. The maximum absolute atomic E-state index is 5.28. The summed E-state index contributed by atoms with van der Waals surface area (Å²) in [5.74, 6) is 0. The van der Waals surface area contributed by atoms with Crippen LogP contribution < -0.4 is 0 Å². The number of hydrogen-bond acceptors (Lipinski definition) is 5. The highest BCUT2D eigenvalue weighted by atomic mass is 16.3. The number of nitrogens with zero attached hydrogens (tertiary/aromatic N) is 4. The zero-order valence-electron chi connectivity index (χ0n) is 19.2. The largest absolute Gasteiger partial charge is 0.472 e. The molecule has 7 heteroatoms. The van der Waals surface area contributed by atoms with Gasteiger partial charge in [-0.15, -0.1) is 0 Å². The number of fused-ring (bicyclic) bond motifs is 2. The van der Waals surface area contributed by atoms with Crippen LogP contribution >= 0.6 is 0 Å². The lowest BCUT2D eigenvalue weighted by Crippen LogP contribution is -2.18. The number of hydrogen-bond donors (Lipinski definition) is 2. The van der Waals surface area contributed by atoms with Gasteiger partial charge >= 0.3 is 0 Å². The lowest BCUT2D eigenvalue weighted by Gasteiger charge is -2.14. The van der Waals surface area contributed by atoms with Gasteiger partial charge in [0, 0.05) is 52.6 Å². The minimum atomic E-state index is 0.886. The molecule has 6 heterocycles. The van der Waals surface area contributed by atoms with Crippen LogP contribution in [0.3, 0.4) is 0 Å². The van der Waals surface area contributed by atoms with Crippen LogP contribution in [0, 0.1) is 0 Å². The van der Waals surface area contributed by atoms with Gasteiger partial charge in [0.15, 0.2) is 0 Å². The van der Waals surface area contributed by atoms with E-state index in [2.05, 4.69) is 60.4 Å². The van der Waals surface area contributed by atoms with Gasteiger partial charge in [-0.25, -0.2) is 0 Å². The normalized spacial score (nSPS) is 14.4. The molecule has 0 amide bonds. The summed E-state index contributed by atoms with van der Waals surface area (Å²) >= 11 is 0. The quantitative estimate of drug-likeness (QED) is 0.328. The number of pyridine rings is 2. The third-order valence-electron chi connectivity index (χ3n) is 6.89. The van der Waals surface area contributed by atoms with Gasteiger partial charge in [-0.1, -0.05) is 6.07 Å². The highest BCUT2D eigenvalue weighted by molar-refractivity contribution is 6.00. The number of H-pyrrole nitrogens is 2. The van der Waals surface area contributed by atoms with Crippen molar-refractivity contribution in [2.45, 2.75) is 19.4 Å². The minimum Gasteiger partial charge on any atom is -0.472 e. The van der Waals surface area contributed by atoms with Gasteiger partial charge in [0.2, 0.25) is 0 Å². The van der Waals surface area contributed by atoms with Crippen LogP contribution in [-0.2, 0) is 6.54 Å². The summed E-state index contributed by atoms with van der Waals surface area (Å²) in [5.41, 5.74) is 9.20. The Bertz CT molecular complexity index is 1640. The molecule has 172 valence electrons. The SMILES string of the molecule is c1cc2[nH]c(-c3n[nH]c4ccc(-c5cncc(CN6CCCC6)c5)cc34)cc2c(-c2ccoc2)n1. The van der Waals surface area contributed by atoms with Gasteiger partial charge in [-0.05, 0) is 73.5 Å². The Balaban J connectivity index is 1.28. The molecular formula is C28H24N6O. The number of nitrogens with one attached hydrogen (secondary N) is 2. The molecule has 0 atom stereocenters. The van der Waals surface area contributed by atoms with Gasteiger partial charge < -0.3 is 9.40 Å². The molecular weight excluding hydrogens is 436 g/mol. The molecule has 1 aliphatic rings. The Labute approximate surface area is 201 Å². The Hall–Kier alpha value is -4.23. The minimum absolute atomic E-state index is 0.886. The van der Waals surface area contributed by atoms with E-state index in [-0.39, 0.29) is 0 Å². The summed E-state index contributed by atoms with van der Waals surface area (Å²) in [6.45, 7) is 3.32. The second-order valence-corrected chi connectivity index (χ2v) is 9.21. The number of benzene rings is 1. The second-order valence-electron chi connectivity index (χ2n) is 9.21. The fourth-order valence-electron chi connectivity index (χ4n) is 5.14. The van der Waals surface area contributed by atoms with Crippen molar-refractivity contribution in [2.24, 2.45) is 0 Å². The van der Waals surface area contributed by atoms with Gasteiger partial charge in [0.1, 0.15) is 5.69 Å². The molecule has 1 aliphatic heterocycles. The summed E-state index contributed by atoms with van der Waals surface area (Å²) in [7, 11) is 0. The van der Waals surface area contributed by atoms with Crippen LogP contribution in [0.5, 0.6) is 0 Å². The second kappa shape index (κ2) is 8.21. The Morgan fingerprint density at radius 3 is 2.66 bits per heavy atom. The van der Waals surface area contributed by atoms with E-state index in [1.807, 2.05) is 30.7 Å². The molecule has 0 bridgehead atoms. The predicted octanol–water partition coefficient (Wildman–Crippen LogP) is 6.02. The van der Waals surface area contributed by atoms with E-state index in [0.29, 0.717) is 0 Å². The van der Waals surface area contributed by atoms with E-state index < -0.39 is 0 Å². The topological polar surface area (TPSA) is 86.6 Å². The van der Waals surface area contributed by atoms with Crippen molar-refractivity contribution in [3.63, 3.8) is 0 Å². The van der Waals surface area contributed by atoms with Gasteiger partial charge in [-0.3, -0.25) is 20.0 Å². The lowest BCUT2D eigenvalue weighted by atomic mass is 10.0. The predicted molar refractivity (Wildman–Crippen MR) is 137 cm³/mol. The number of furan rings is 1. The van der Waals surface area contributed by atoms with E-state index in [1.54, 1.807) is 12.5 Å². The third kappa shape index (κ3) is 3.61. The molecule has 7 nitrogen and oxygen atoms in total. The summed E-state index contributed by atoms with van der Waals surface area (Å²) < 4.78 is 5.28. The van der Waals surface area contributed by atoms with E-state index in [0.717, 1.165) is 62.1 Å². The number of rotatable bonds is 5. The molecule has 1 saturated heterocycles. The average molecular weight is 461 g/mol. The van der Waals surface area contributed by atoms with Gasteiger partial charge in [0.05, 0.1) is 29.4 Å². The molecule has 1 aromatic carbocycles. The molecule has 5 aromatic heterocycles. The van der Waals surface area contributed by atoms with Crippen molar-refractivity contribution in [2.75, 3.05) is 13.1 Å². The summed E-state index contributed by atoms with van der Waals surface area (Å²) in [6, 6.07) is 14.7. The highest BCUT2D eigenvalue weighted by Gasteiger charge is 2.16. The fraction of sp³-hybridized carbons (Fsp3) is 0.179. The van der Waals surface area contributed by atoms with Crippen LogP contribution in [-0.4, -0.2) is 43.1 Å². The van der Waals surface area contributed by atoms with Crippen LogP contribution in [0.4, 0.5) is 0 Å². The molecule has 35 heavy (non-hydrogen) atoms. The van der Waals surface area contributed by atoms with Crippen molar-refractivity contribution in [1.29, 1.82) is 0 Å². The highest BCUT2D eigenvalue weighted by Crippen LogP contribution is 2.34. The maximum Gasteiger partial charge on any atom is 0.116 e. The number of likely N-dealkylation sites (tertiary alicyclic amines) is 1. The summed E-state index contributed by atoms with van der Waals surface area (Å²) in [6.07, 6.45) is 11.7. The zero-order chi connectivity index (χ0) is 23.2. The molecule has 0 radical (unpaired) electrons. The first-order valence-corrected chi connectivity index (χ1v) is 12.0. The molecule has 6 aromatic rings. The first-order chi connectivity index (χ1) is 17.3. The summed E-state index contributed by atoms with van der Waals surface area (Å²) in [5, 5.41) is 9.95. The van der Waals surface area contributed by atoms with Crippen molar-refractivity contribution >= 4 is 21.8 Å². The van der Waals surface area contributed by atoms with Crippen molar-refractivity contribution in [3.05, 3.63) is 79.1 Å². The number of aromatic amines is 2. The molecule has 0 spiro atoms. The first kappa shape index (κ1) is 20.2. The van der Waals surface area contributed by atoms with Gasteiger partial charge in [-0.2, -0.15) is 5.10 Å². The van der Waals surface area contributed by atoms with Crippen LogP contribution in [0.25, 0.3) is 55.6 Å². The van der Waals surface area contributed by atoms with E-state index >= 15 is 0 Å². The third-order valence-corrected chi connectivity index (χ3v) is 6.89. The fourth-order valence-corrected chi connectivity index (χ4v) is 5.14. The van der Waals surface area contributed by atoms with Gasteiger partial charge in [0.25, 0.3) is 0 Å². The molecule has 1 fully saturated rings. The van der Waals surface area contributed by atoms with E-state index in [9.17, 15) is 0 Å². The molecule has 0 saturated carbocycles. The Kier molecular flexibility index (Phi) is 4.73. The zero-order valence-corrected chi connectivity index (χ0v) is 19.2. The van der Waals surface area contributed by atoms with E-state index in [4.69, 9.17) is 4.42 Å². The molecule has 2 N–H and O–H groups in total. The standard InChI is InChI=1S/C28H24N6O/c1-2-9-34(8-1)16-18-11-21(15-29-14-18)19-3-4-25-22(12-19)28(33-32-25)26-13-23-24(31-26)5-7-30-27(23)20-6-10-35-17-20/h3-7,10-15,17,31H,1-2,8-9,16H2,(H,32,33). The van der Waals surface area contributed by atoms with Crippen molar-refractivity contribution < 1.29 is 4.42 Å². The van der Waals surface area contributed by atoms with Crippen LogP contribution in [0.15, 0.2) is 78.0 Å². The smallest absolute Gasteiger partial charge is 0.116 e. The average Bonchev–Trinajstić information content (AvgIpc) is 3.70. The Morgan fingerprint density at radius 1 is 0.857 bits per heavy atom. The molecule has 0 aliphatic carbocycles. The first-order valence-electron chi connectivity index (χ1n) is 12.0. The molecule has 7 rings (SSSR count). The van der Waals surface area contributed by atoms with Crippen molar-refractivity contribution in [1.82, 2.24) is 30.0 Å².